The van der Waals surface area contributed by atoms with E-state index in [9.17, 15) is 5.11 Å². The Labute approximate surface area is 249 Å². The number of ether oxygens (including phenoxy) is 6. The Morgan fingerprint density at radius 3 is 2.64 bits per heavy atom. The van der Waals surface area contributed by atoms with E-state index in [1.807, 2.05) is 20.1 Å². The molecule has 10 nitrogen and oxygen atoms in total. The molecule has 2 heterocycles. The summed E-state index contributed by atoms with van der Waals surface area (Å²) in [5, 5.41) is 16.4. The van der Waals surface area contributed by atoms with E-state index in [0.29, 0.717) is 24.4 Å². The van der Waals surface area contributed by atoms with Gasteiger partial charge in [0.1, 0.15) is 12.2 Å². The molecule has 234 valence electrons. The van der Waals surface area contributed by atoms with Gasteiger partial charge in [0.05, 0.1) is 37.2 Å². The van der Waals surface area contributed by atoms with Crippen LogP contribution in [0.4, 0.5) is 0 Å². The first kappa shape index (κ1) is 30.4. The second kappa shape index (κ2) is 11.4. The number of methoxy groups -OCH3 is 1. The molecule has 0 amide bonds. The van der Waals surface area contributed by atoms with Crippen molar-refractivity contribution in [1.29, 1.82) is 0 Å². The van der Waals surface area contributed by atoms with Crippen molar-refractivity contribution in [1.82, 2.24) is 0 Å². The Hall–Kier alpha value is -1.65. The van der Waals surface area contributed by atoms with E-state index < -0.39 is 36.6 Å². The van der Waals surface area contributed by atoms with Gasteiger partial charge in [-0.3, -0.25) is 0 Å². The van der Waals surface area contributed by atoms with Crippen LogP contribution in [0.25, 0.3) is 10.4 Å². The molecule has 1 N–H and O–H groups in total. The van der Waals surface area contributed by atoms with Crippen molar-refractivity contribution in [2.24, 2.45) is 33.7 Å². The van der Waals surface area contributed by atoms with Crippen LogP contribution in [0.2, 0.25) is 0 Å². The molecule has 4 aliphatic carbocycles. The molecule has 5 fully saturated rings. The quantitative estimate of drug-likeness (QED) is 0.125. The van der Waals surface area contributed by atoms with Crippen LogP contribution in [0.15, 0.2) is 28.6 Å². The maximum atomic E-state index is 12.5. The lowest BCUT2D eigenvalue weighted by Crippen LogP contribution is -2.61. The summed E-state index contributed by atoms with van der Waals surface area (Å²) >= 11 is 0. The Morgan fingerprint density at radius 2 is 1.90 bits per heavy atom. The summed E-state index contributed by atoms with van der Waals surface area (Å²) in [6.45, 7) is 10.3. The maximum absolute atomic E-state index is 12.5. The summed E-state index contributed by atoms with van der Waals surface area (Å²) in [7, 11) is 1.71. The Morgan fingerprint density at radius 1 is 1.12 bits per heavy atom. The molecule has 10 heteroatoms. The summed E-state index contributed by atoms with van der Waals surface area (Å²) in [4.78, 5) is 3.01. The minimum atomic E-state index is -0.837. The number of azide groups is 1. The zero-order chi connectivity index (χ0) is 29.9. The van der Waals surface area contributed by atoms with E-state index in [2.05, 4.69) is 36.9 Å². The fraction of sp³-hybridized carbons (Fsp3) is 0.875. The Bertz CT molecular complexity index is 1140. The van der Waals surface area contributed by atoms with E-state index in [0.717, 1.165) is 51.4 Å². The molecule has 0 bridgehead atoms. The summed E-state index contributed by atoms with van der Waals surface area (Å²) in [6.07, 6.45) is 9.95. The van der Waals surface area contributed by atoms with Gasteiger partial charge in [0.15, 0.2) is 6.29 Å². The highest BCUT2D eigenvalue weighted by Gasteiger charge is 2.66. The molecule has 2 saturated heterocycles. The summed E-state index contributed by atoms with van der Waals surface area (Å²) < 4.78 is 35.8. The molecule has 3 saturated carbocycles. The van der Waals surface area contributed by atoms with E-state index in [1.165, 1.54) is 11.1 Å². The van der Waals surface area contributed by atoms with E-state index >= 15 is 0 Å². The molecule has 0 aromatic heterocycles. The average molecular weight is 588 g/mol. The van der Waals surface area contributed by atoms with Crippen LogP contribution < -0.4 is 0 Å². The van der Waals surface area contributed by atoms with Gasteiger partial charge in [-0.15, -0.1) is 0 Å². The number of allylic oxidation sites excluding steroid dienone is 2. The predicted molar refractivity (Wildman–Crippen MR) is 155 cm³/mol. The second-order valence-corrected chi connectivity index (χ2v) is 14.0. The summed E-state index contributed by atoms with van der Waals surface area (Å²) in [5.41, 5.74) is 11.1. The number of hydrogen-bond acceptors (Lipinski definition) is 8. The van der Waals surface area contributed by atoms with E-state index in [1.54, 1.807) is 7.11 Å². The number of fused-ring (bicyclic) bond motifs is 6. The van der Waals surface area contributed by atoms with Crippen LogP contribution >= 0.6 is 0 Å². The monoisotopic (exact) mass is 587 g/mol. The number of hydrogen-bond donors (Lipinski definition) is 1. The molecule has 6 aliphatic rings. The Kier molecular flexibility index (Phi) is 8.22. The van der Waals surface area contributed by atoms with Crippen molar-refractivity contribution in [3.63, 3.8) is 0 Å². The first-order valence-electron chi connectivity index (χ1n) is 16.0. The smallest absolute Gasteiger partial charge is 0.272 e. The second-order valence-electron chi connectivity index (χ2n) is 14.0. The van der Waals surface area contributed by atoms with Gasteiger partial charge in [0.2, 0.25) is 0 Å². The molecule has 0 aromatic rings. The minimum Gasteiger partial charge on any atom is -0.504 e. The van der Waals surface area contributed by atoms with Crippen LogP contribution in [0.3, 0.4) is 0 Å². The number of rotatable bonds is 7. The van der Waals surface area contributed by atoms with Crippen molar-refractivity contribution in [3.8, 4) is 0 Å². The van der Waals surface area contributed by atoms with Gasteiger partial charge in [0, 0.05) is 16.9 Å². The van der Waals surface area contributed by atoms with Crippen molar-refractivity contribution in [3.05, 3.63) is 33.9 Å². The van der Waals surface area contributed by atoms with Gasteiger partial charge in [-0.25, -0.2) is 0 Å². The lowest BCUT2D eigenvalue weighted by Gasteiger charge is -2.62. The first-order chi connectivity index (χ1) is 20.1. The van der Waals surface area contributed by atoms with Gasteiger partial charge in [-0.1, -0.05) is 30.6 Å². The molecule has 13 atom stereocenters. The maximum Gasteiger partial charge on any atom is 0.272 e. The van der Waals surface area contributed by atoms with Crippen molar-refractivity contribution in [2.45, 2.75) is 135 Å². The third-order valence-electron chi connectivity index (χ3n) is 12.2. The van der Waals surface area contributed by atoms with Crippen molar-refractivity contribution < 1.29 is 33.5 Å². The SMILES string of the molecule is CCOC1O[C@@H]2[C@@H](N=[N+]=[N-])[C@H](C)O[C@@H](O[C@@H]3C=C4CCC5C(CC[C@]6(C)[C@@H](/C(C)=C/OC)CC[C@]56O)[C@@]4(C)CC3)[C@@H]2O1. The molecule has 42 heavy (non-hydrogen) atoms. The molecule has 2 aliphatic heterocycles. The zero-order valence-corrected chi connectivity index (χ0v) is 26.0. The van der Waals surface area contributed by atoms with Crippen molar-refractivity contribution in [2.75, 3.05) is 13.7 Å². The molecular weight excluding hydrogens is 538 g/mol. The predicted octanol–water partition coefficient (Wildman–Crippen LogP) is 6.14. The van der Waals surface area contributed by atoms with Gasteiger partial charge in [-0.05, 0) is 106 Å². The molecule has 6 rings (SSSR count). The molecule has 0 radical (unpaired) electrons. The van der Waals surface area contributed by atoms with Crippen molar-refractivity contribution >= 4 is 0 Å². The minimum absolute atomic E-state index is 0.0538. The summed E-state index contributed by atoms with van der Waals surface area (Å²) in [6, 6.07) is -0.527. The average Bonchev–Trinajstić information content (AvgIpc) is 3.50. The normalized spacial score (nSPS) is 50.1. The third kappa shape index (κ3) is 4.64. The number of nitrogens with zero attached hydrogens (tertiary/aromatic N) is 3. The van der Waals surface area contributed by atoms with E-state index in [4.69, 9.17) is 34.0 Å². The number of aliphatic hydroxyl groups is 1. The van der Waals surface area contributed by atoms with E-state index in [-0.39, 0.29) is 23.0 Å². The Balaban J connectivity index is 1.19. The fourth-order valence-corrected chi connectivity index (χ4v) is 10.1. The van der Waals surface area contributed by atoms with Gasteiger partial charge < -0.3 is 33.5 Å². The van der Waals surface area contributed by atoms with Crippen LogP contribution in [0, 0.1) is 28.6 Å². The molecule has 0 aromatic carbocycles. The lowest BCUT2D eigenvalue weighted by atomic mass is 9.45. The molecular formula is C32H49N3O7. The standard InChI is InChI=1S/C32H49N3O7/c1-7-38-29-41-26-25(34-35-33)19(3)39-28(27(26)42-29)40-21-10-13-30(4)20(16-21)8-9-24-23(30)11-14-31(5)22(18(2)17-37-6)12-15-32(24,31)36/h16-17,19,21-29,36H,7-15H2,1-6H3/b18-17+/t19-,21-,22+,23?,24?,25-,26+,27+,28-,29?,30-,31+,32-/m0/s1. The van der Waals surface area contributed by atoms with Gasteiger partial charge >= 0.3 is 0 Å². The lowest BCUT2D eigenvalue weighted by molar-refractivity contribution is -0.276. The van der Waals surface area contributed by atoms with Crippen LogP contribution in [0.1, 0.15) is 86.0 Å². The van der Waals surface area contributed by atoms with Crippen LogP contribution in [0.5, 0.6) is 0 Å². The highest BCUT2D eigenvalue weighted by atomic mass is 16.9. The highest BCUT2D eigenvalue weighted by Crippen LogP contribution is 2.69. The van der Waals surface area contributed by atoms with Crippen LogP contribution in [-0.4, -0.2) is 67.6 Å². The third-order valence-corrected chi connectivity index (χ3v) is 12.2. The van der Waals surface area contributed by atoms with Gasteiger partial charge in [0.25, 0.3) is 6.48 Å². The van der Waals surface area contributed by atoms with Gasteiger partial charge in [-0.2, -0.15) is 0 Å². The highest BCUT2D eigenvalue weighted by molar-refractivity contribution is 5.29. The topological polar surface area (TPSA) is 124 Å². The first-order valence-corrected chi connectivity index (χ1v) is 16.0. The largest absolute Gasteiger partial charge is 0.504 e. The fourth-order valence-electron chi connectivity index (χ4n) is 10.1. The molecule has 3 unspecified atom stereocenters. The summed E-state index contributed by atoms with van der Waals surface area (Å²) in [5.74, 6) is 1.12. The zero-order valence-electron chi connectivity index (χ0n) is 26.0. The molecule has 0 spiro atoms. The van der Waals surface area contributed by atoms with Crippen LogP contribution in [-0.2, 0) is 28.4 Å².